The van der Waals surface area contributed by atoms with Crippen LogP contribution in [0, 0.1) is 0 Å². The summed E-state index contributed by atoms with van der Waals surface area (Å²) in [7, 11) is 0. The molecular weight excluding hydrogens is 364 g/mol. The Bertz CT molecular complexity index is 1180. The van der Waals surface area contributed by atoms with Crippen LogP contribution in [0.5, 0.6) is 0 Å². The van der Waals surface area contributed by atoms with Crippen LogP contribution >= 0.6 is 0 Å². The van der Waals surface area contributed by atoms with Crippen LogP contribution in [0.25, 0.3) is 22.0 Å². The predicted molar refractivity (Wildman–Crippen MR) is 117 cm³/mol. The lowest BCUT2D eigenvalue weighted by atomic mass is 10.0. The van der Waals surface area contributed by atoms with Crippen LogP contribution in [0.15, 0.2) is 60.8 Å². The molecule has 2 amide bonds. The van der Waals surface area contributed by atoms with Crippen molar-refractivity contribution in [3.8, 4) is 11.1 Å². The summed E-state index contributed by atoms with van der Waals surface area (Å²) in [5, 5.41) is 13.5. The van der Waals surface area contributed by atoms with E-state index in [2.05, 4.69) is 39.7 Å². The number of pyridine rings is 1. The minimum absolute atomic E-state index is 0.304. The summed E-state index contributed by atoms with van der Waals surface area (Å²) in [6, 6.07) is 17.0. The number of rotatable bonds is 4. The van der Waals surface area contributed by atoms with Crippen molar-refractivity contribution in [1.29, 1.82) is 0 Å². The molecule has 4 rings (SSSR count). The zero-order valence-corrected chi connectivity index (χ0v) is 16.2. The molecule has 0 aliphatic carbocycles. The molecule has 0 fully saturated rings. The summed E-state index contributed by atoms with van der Waals surface area (Å²) in [6.07, 6.45) is 1.66. The molecule has 0 radical (unpaired) electrons. The number of H-pyrrole nitrogens is 1. The molecule has 4 aromatic rings. The first-order valence-corrected chi connectivity index (χ1v) is 9.38. The van der Waals surface area contributed by atoms with Crippen molar-refractivity contribution in [1.82, 2.24) is 15.2 Å². The molecule has 0 atom stereocenters. The Morgan fingerprint density at radius 2 is 1.83 bits per heavy atom. The van der Waals surface area contributed by atoms with E-state index in [9.17, 15) is 4.79 Å². The first-order valence-electron chi connectivity index (χ1n) is 9.38. The number of anilines is 3. The molecule has 0 saturated heterocycles. The number of benzene rings is 2. The lowest BCUT2D eigenvalue weighted by molar-refractivity contribution is 0.262. The zero-order chi connectivity index (χ0) is 20.4. The standard InChI is InChI=1S/C22H22N6O/c1-13(2)16-5-3-4-6-18(16)25-22(29)26-20-12-15(9-10-24-20)14-7-8-19-17(11-14)21(23)28-27-19/h3-13H,1-2H3,(H3,23,27,28)(H2,24,25,26,29). The van der Waals surface area contributed by atoms with Crippen molar-refractivity contribution < 1.29 is 4.79 Å². The van der Waals surface area contributed by atoms with E-state index in [4.69, 9.17) is 5.73 Å². The van der Waals surface area contributed by atoms with Crippen molar-refractivity contribution in [3.63, 3.8) is 0 Å². The Kier molecular flexibility index (Phi) is 4.87. The molecule has 0 unspecified atom stereocenters. The van der Waals surface area contributed by atoms with Crippen molar-refractivity contribution in [2.75, 3.05) is 16.4 Å². The topological polar surface area (TPSA) is 109 Å². The van der Waals surface area contributed by atoms with Crippen molar-refractivity contribution in [3.05, 3.63) is 66.4 Å². The van der Waals surface area contributed by atoms with Crippen LogP contribution in [0.2, 0.25) is 0 Å². The van der Waals surface area contributed by atoms with Gasteiger partial charge in [-0.15, -0.1) is 0 Å². The van der Waals surface area contributed by atoms with Gasteiger partial charge in [0.05, 0.1) is 5.52 Å². The number of aromatic nitrogens is 3. The number of nitrogen functional groups attached to an aromatic ring is 1. The van der Waals surface area contributed by atoms with Gasteiger partial charge in [0.15, 0.2) is 5.82 Å². The SMILES string of the molecule is CC(C)c1ccccc1NC(=O)Nc1cc(-c2ccc3[nH]nc(N)c3c2)ccn1. The highest BCUT2D eigenvalue weighted by atomic mass is 16.2. The number of carbonyl (C=O) groups excluding carboxylic acids is 1. The van der Waals surface area contributed by atoms with Crippen LogP contribution in [-0.4, -0.2) is 21.2 Å². The number of hydrogen-bond donors (Lipinski definition) is 4. The summed E-state index contributed by atoms with van der Waals surface area (Å²) in [4.78, 5) is 16.8. The number of nitrogens with two attached hydrogens (primary N) is 1. The Morgan fingerprint density at radius 1 is 1.03 bits per heavy atom. The van der Waals surface area contributed by atoms with Gasteiger partial charge in [0.25, 0.3) is 0 Å². The van der Waals surface area contributed by atoms with Gasteiger partial charge in [-0.05, 0) is 52.9 Å². The molecule has 2 aromatic carbocycles. The Balaban J connectivity index is 1.54. The molecule has 29 heavy (non-hydrogen) atoms. The van der Waals surface area contributed by atoms with Gasteiger partial charge in [0.1, 0.15) is 5.82 Å². The van der Waals surface area contributed by atoms with Gasteiger partial charge in [0, 0.05) is 17.3 Å². The average molecular weight is 386 g/mol. The highest BCUT2D eigenvalue weighted by molar-refractivity contribution is 6.00. The highest BCUT2D eigenvalue weighted by Gasteiger charge is 2.11. The fraction of sp³-hybridized carbons (Fsp3) is 0.136. The van der Waals surface area contributed by atoms with E-state index in [0.29, 0.717) is 17.6 Å². The van der Waals surface area contributed by atoms with Gasteiger partial charge in [0.2, 0.25) is 0 Å². The van der Waals surface area contributed by atoms with E-state index < -0.39 is 0 Å². The second kappa shape index (κ2) is 7.63. The molecule has 5 N–H and O–H groups in total. The molecule has 146 valence electrons. The second-order valence-corrected chi connectivity index (χ2v) is 7.12. The number of para-hydroxylation sites is 1. The van der Waals surface area contributed by atoms with E-state index in [0.717, 1.165) is 33.3 Å². The number of amides is 2. The van der Waals surface area contributed by atoms with E-state index in [1.54, 1.807) is 6.20 Å². The normalized spacial score (nSPS) is 11.0. The number of fused-ring (bicyclic) bond motifs is 1. The molecule has 0 spiro atoms. The Morgan fingerprint density at radius 3 is 2.66 bits per heavy atom. The summed E-state index contributed by atoms with van der Waals surface area (Å²) >= 11 is 0. The maximum atomic E-state index is 12.5. The number of hydrogen-bond acceptors (Lipinski definition) is 4. The summed E-state index contributed by atoms with van der Waals surface area (Å²) < 4.78 is 0. The van der Waals surface area contributed by atoms with Gasteiger partial charge in [-0.25, -0.2) is 9.78 Å². The van der Waals surface area contributed by atoms with Crippen LogP contribution in [0.3, 0.4) is 0 Å². The summed E-state index contributed by atoms with van der Waals surface area (Å²) in [5.41, 5.74) is 10.5. The fourth-order valence-corrected chi connectivity index (χ4v) is 3.28. The van der Waals surface area contributed by atoms with Crippen molar-refractivity contribution >= 4 is 34.3 Å². The summed E-state index contributed by atoms with van der Waals surface area (Å²) in [6.45, 7) is 4.18. The maximum Gasteiger partial charge on any atom is 0.324 e. The third kappa shape index (κ3) is 3.89. The van der Waals surface area contributed by atoms with Crippen LogP contribution < -0.4 is 16.4 Å². The smallest absolute Gasteiger partial charge is 0.324 e. The maximum absolute atomic E-state index is 12.5. The zero-order valence-electron chi connectivity index (χ0n) is 16.2. The largest absolute Gasteiger partial charge is 0.382 e. The van der Waals surface area contributed by atoms with E-state index in [1.165, 1.54) is 0 Å². The first-order chi connectivity index (χ1) is 14.0. The van der Waals surface area contributed by atoms with E-state index >= 15 is 0 Å². The van der Waals surface area contributed by atoms with E-state index in [1.807, 2.05) is 54.6 Å². The Hall–Kier alpha value is -3.87. The lowest BCUT2D eigenvalue weighted by Crippen LogP contribution is -2.21. The first kappa shape index (κ1) is 18.5. The van der Waals surface area contributed by atoms with Crippen molar-refractivity contribution in [2.24, 2.45) is 0 Å². The molecular formula is C22H22N6O. The number of urea groups is 1. The predicted octanol–water partition coefficient (Wildman–Crippen LogP) is 4.97. The third-order valence-electron chi connectivity index (χ3n) is 4.76. The molecule has 2 aromatic heterocycles. The van der Waals surface area contributed by atoms with Crippen LogP contribution in [0.4, 0.5) is 22.1 Å². The Labute approximate surface area is 168 Å². The van der Waals surface area contributed by atoms with Crippen molar-refractivity contribution in [2.45, 2.75) is 19.8 Å². The fourth-order valence-electron chi connectivity index (χ4n) is 3.28. The molecule has 0 aliphatic rings. The molecule has 0 saturated carbocycles. The van der Waals surface area contributed by atoms with Gasteiger partial charge >= 0.3 is 6.03 Å². The summed E-state index contributed by atoms with van der Waals surface area (Å²) in [5.74, 6) is 1.22. The van der Waals surface area contributed by atoms with Crippen LogP contribution in [-0.2, 0) is 0 Å². The van der Waals surface area contributed by atoms with E-state index in [-0.39, 0.29) is 6.03 Å². The highest BCUT2D eigenvalue weighted by Crippen LogP contribution is 2.27. The second-order valence-electron chi connectivity index (χ2n) is 7.12. The monoisotopic (exact) mass is 386 g/mol. The average Bonchev–Trinajstić information content (AvgIpc) is 3.08. The van der Waals surface area contributed by atoms with Gasteiger partial charge in [-0.1, -0.05) is 38.1 Å². The number of carbonyl (C=O) groups is 1. The van der Waals surface area contributed by atoms with Gasteiger partial charge in [-0.2, -0.15) is 5.10 Å². The number of nitrogens with zero attached hydrogens (tertiary/aromatic N) is 2. The van der Waals surface area contributed by atoms with Gasteiger partial charge in [-0.3, -0.25) is 10.4 Å². The lowest BCUT2D eigenvalue weighted by Gasteiger charge is -2.14. The molecule has 7 nitrogen and oxygen atoms in total. The molecule has 7 heteroatoms. The molecule has 0 aliphatic heterocycles. The third-order valence-corrected chi connectivity index (χ3v) is 4.76. The van der Waals surface area contributed by atoms with Gasteiger partial charge < -0.3 is 11.1 Å². The minimum Gasteiger partial charge on any atom is -0.382 e. The minimum atomic E-state index is -0.336. The molecule has 0 bridgehead atoms. The number of aromatic amines is 1. The number of nitrogens with one attached hydrogen (secondary N) is 3. The van der Waals surface area contributed by atoms with Crippen LogP contribution in [0.1, 0.15) is 25.3 Å². The molecule has 2 heterocycles. The quantitative estimate of drug-likeness (QED) is 0.397.